The minimum atomic E-state index is -0.0799. The number of aromatic hydroxyl groups is 1. The smallest absolute Gasteiger partial charge is 0.253 e. The van der Waals surface area contributed by atoms with E-state index in [4.69, 9.17) is 11.6 Å². The van der Waals surface area contributed by atoms with Crippen LogP contribution in [0.4, 0.5) is 0 Å². The summed E-state index contributed by atoms with van der Waals surface area (Å²) >= 11 is 5.98. The summed E-state index contributed by atoms with van der Waals surface area (Å²) in [5.74, 6) is 0.136. The fourth-order valence-electron chi connectivity index (χ4n) is 2.03. The monoisotopic (exact) mass is 289 g/mol. The van der Waals surface area contributed by atoms with Gasteiger partial charge in [0.05, 0.1) is 0 Å². The van der Waals surface area contributed by atoms with E-state index in [1.54, 1.807) is 42.3 Å². The number of hydrogen-bond donors (Lipinski definition) is 1. The number of rotatable bonds is 3. The number of benzene rings is 2. The molecule has 2 aromatic carbocycles. The number of nitrogens with zero attached hydrogens (tertiary/aromatic N) is 1. The first-order valence-electron chi connectivity index (χ1n) is 6.26. The van der Waals surface area contributed by atoms with Gasteiger partial charge in [0.15, 0.2) is 0 Å². The Morgan fingerprint density at radius 3 is 2.45 bits per heavy atom. The Bertz CT molecular complexity index is 603. The SMILES string of the molecule is Cc1cc(Cl)cc(C(=O)N(C)Cc2ccc(O)cc2)c1. The summed E-state index contributed by atoms with van der Waals surface area (Å²) < 4.78 is 0. The van der Waals surface area contributed by atoms with Crippen molar-refractivity contribution < 1.29 is 9.90 Å². The molecule has 0 bridgehead atoms. The number of carbonyl (C=O) groups is 1. The quantitative estimate of drug-likeness (QED) is 0.937. The van der Waals surface area contributed by atoms with Gasteiger partial charge in [-0.1, -0.05) is 23.7 Å². The molecule has 0 aliphatic carbocycles. The summed E-state index contributed by atoms with van der Waals surface area (Å²) in [6, 6.07) is 12.1. The van der Waals surface area contributed by atoms with Crippen molar-refractivity contribution in [1.29, 1.82) is 0 Å². The molecule has 0 aromatic heterocycles. The minimum absolute atomic E-state index is 0.0799. The molecule has 2 rings (SSSR count). The topological polar surface area (TPSA) is 40.5 Å². The van der Waals surface area contributed by atoms with E-state index < -0.39 is 0 Å². The molecule has 104 valence electrons. The highest BCUT2D eigenvalue weighted by Crippen LogP contribution is 2.17. The molecule has 0 fully saturated rings. The summed E-state index contributed by atoms with van der Waals surface area (Å²) in [4.78, 5) is 14.0. The predicted molar refractivity (Wildman–Crippen MR) is 80.1 cm³/mol. The zero-order chi connectivity index (χ0) is 14.7. The van der Waals surface area contributed by atoms with E-state index >= 15 is 0 Å². The minimum Gasteiger partial charge on any atom is -0.508 e. The summed E-state index contributed by atoms with van der Waals surface area (Å²) in [5, 5.41) is 9.81. The number of halogens is 1. The first kappa shape index (κ1) is 14.4. The lowest BCUT2D eigenvalue weighted by Gasteiger charge is -2.18. The van der Waals surface area contributed by atoms with Crippen molar-refractivity contribution in [3.05, 3.63) is 64.2 Å². The maximum Gasteiger partial charge on any atom is 0.253 e. The third kappa shape index (κ3) is 3.52. The highest BCUT2D eigenvalue weighted by atomic mass is 35.5. The number of phenols is 1. The van der Waals surface area contributed by atoms with Gasteiger partial charge in [-0.05, 0) is 48.4 Å². The molecule has 0 aliphatic rings. The molecule has 1 amide bonds. The Kier molecular flexibility index (Phi) is 4.30. The highest BCUT2D eigenvalue weighted by molar-refractivity contribution is 6.31. The molecule has 4 heteroatoms. The van der Waals surface area contributed by atoms with Crippen LogP contribution in [0.2, 0.25) is 5.02 Å². The lowest BCUT2D eigenvalue weighted by atomic mass is 10.1. The Morgan fingerprint density at radius 2 is 1.85 bits per heavy atom. The molecule has 1 N–H and O–H groups in total. The van der Waals surface area contributed by atoms with Gasteiger partial charge in [-0.3, -0.25) is 4.79 Å². The summed E-state index contributed by atoms with van der Waals surface area (Å²) in [7, 11) is 1.74. The third-order valence-electron chi connectivity index (χ3n) is 2.99. The molecule has 20 heavy (non-hydrogen) atoms. The van der Waals surface area contributed by atoms with E-state index in [2.05, 4.69) is 0 Å². The van der Waals surface area contributed by atoms with Crippen LogP contribution in [0.15, 0.2) is 42.5 Å². The van der Waals surface area contributed by atoms with Crippen molar-refractivity contribution in [3.63, 3.8) is 0 Å². The van der Waals surface area contributed by atoms with E-state index in [-0.39, 0.29) is 11.7 Å². The first-order valence-corrected chi connectivity index (χ1v) is 6.64. The largest absolute Gasteiger partial charge is 0.508 e. The molecular formula is C16H16ClNO2. The second-order valence-corrected chi connectivity index (χ2v) is 5.28. The van der Waals surface area contributed by atoms with Gasteiger partial charge in [0, 0.05) is 24.2 Å². The predicted octanol–water partition coefficient (Wildman–Crippen LogP) is 3.63. The maximum absolute atomic E-state index is 12.3. The average Bonchev–Trinajstić information content (AvgIpc) is 2.39. The van der Waals surface area contributed by atoms with Crippen LogP contribution < -0.4 is 0 Å². The van der Waals surface area contributed by atoms with E-state index in [0.717, 1.165) is 11.1 Å². The Balaban J connectivity index is 2.14. The van der Waals surface area contributed by atoms with Gasteiger partial charge in [0.2, 0.25) is 0 Å². The normalized spacial score (nSPS) is 10.3. The van der Waals surface area contributed by atoms with Gasteiger partial charge in [0.25, 0.3) is 5.91 Å². The van der Waals surface area contributed by atoms with Crippen LogP contribution >= 0.6 is 11.6 Å². The molecule has 2 aromatic rings. The molecule has 0 heterocycles. The molecule has 0 unspecified atom stereocenters. The molecular weight excluding hydrogens is 274 g/mol. The molecule has 0 atom stereocenters. The van der Waals surface area contributed by atoms with Crippen molar-refractivity contribution in [2.24, 2.45) is 0 Å². The number of carbonyl (C=O) groups excluding carboxylic acids is 1. The van der Waals surface area contributed by atoms with Crippen molar-refractivity contribution >= 4 is 17.5 Å². The summed E-state index contributed by atoms with van der Waals surface area (Å²) in [6.07, 6.45) is 0. The van der Waals surface area contributed by atoms with Gasteiger partial charge in [-0.2, -0.15) is 0 Å². The molecule has 0 saturated heterocycles. The third-order valence-corrected chi connectivity index (χ3v) is 3.21. The van der Waals surface area contributed by atoms with Crippen LogP contribution in [0.3, 0.4) is 0 Å². The zero-order valence-corrected chi connectivity index (χ0v) is 12.2. The number of amides is 1. The van der Waals surface area contributed by atoms with Crippen LogP contribution in [-0.4, -0.2) is 23.0 Å². The summed E-state index contributed by atoms with van der Waals surface area (Å²) in [5.41, 5.74) is 2.49. The van der Waals surface area contributed by atoms with E-state index in [9.17, 15) is 9.90 Å². The van der Waals surface area contributed by atoms with Crippen LogP contribution in [0.25, 0.3) is 0 Å². The van der Waals surface area contributed by atoms with E-state index in [1.165, 1.54) is 0 Å². The number of aryl methyl sites for hydroxylation is 1. The van der Waals surface area contributed by atoms with Gasteiger partial charge in [-0.25, -0.2) is 0 Å². The van der Waals surface area contributed by atoms with Crippen molar-refractivity contribution in [3.8, 4) is 5.75 Å². The van der Waals surface area contributed by atoms with E-state index in [1.807, 2.05) is 19.1 Å². The zero-order valence-electron chi connectivity index (χ0n) is 11.4. The Morgan fingerprint density at radius 1 is 1.20 bits per heavy atom. The van der Waals surface area contributed by atoms with Crippen LogP contribution in [0.5, 0.6) is 5.75 Å². The van der Waals surface area contributed by atoms with Gasteiger partial charge in [-0.15, -0.1) is 0 Å². The van der Waals surface area contributed by atoms with Crippen molar-refractivity contribution in [1.82, 2.24) is 4.90 Å². The maximum atomic E-state index is 12.3. The lowest BCUT2D eigenvalue weighted by Crippen LogP contribution is -2.26. The van der Waals surface area contributed by atoms with Crippen LogP contribution in [-0.2, 0) is 6.54 Å². The Hall–Kier alpha value is -2.00. The average molecular weight is 290 g/mol. The standard InChI is InChI=1S/C16H16ClNO2/c1-11-7-13(9-14(17)8-11)16(20)18(2)10-12-3-5-15(19)6-4-12/h3-9,19H,10H2,1-2H3. The fraction of sp³-hybridized carbons (Fsp3) is 0.188. The second-order valence-electron chi connectivity index (χ2n) is 4.84. The fourth-order valence-corrected chi connectivity index (χ4v) is 2.32. The molecule has 0 aliphatic heterocycles. The van der Waals surface area contributed by atoms with Crippen molar-refractivity contribution in [2.45, 2.75) is 13.5 Å². The first-order chi connectivity index (χ1) is 9.45. The van der Waals surface area contributed by atoms with Gasteiger partial charge in [0.1, 0.15) is 5.75 Å². The number of phenolic OH excluding ortho intramolecular Hbond substituents is 1. The lowest BCUT2D eigenvalue weighted by molar-refractivity contribution is 0.0785. The van der Waals surface area contributed by atoms with Crippen LogP contribution in [0.1, 0.15) is 21.5 Å². The van der Waals surface area contributed by atoms with E-state index in [0.29, 0.717) is 17.1 Å². The highest BCUT2D eigenvalue weighted by Gasteiger charge is 2.13. The van der Waals surface area contributed by atoms with Gasteiger partial charge < -0.3 is 10.0 Å². The summed E-state index contributed by atoms with van der Waals surface area (Å²) in [6.45, 7) is 2.38. The Labute approximate surface area is 123 Å². The second kappa shape index (κ2) is 5.97. The molecule has 0 spiro atoms. The number of hydrogen-bond acceptors (Lipinski definition) is 2. The molecule has 0 saturated carbocycles. The van der Waals surface area contributed by atoms with Gasteiger partial charge >= 0.3 is 0 Å². The van der Waals surface area contributed by atoms with Crippen molar-refractivity contribution in [2.75, 3.05) is 7.05 Å². The molecule has 3 nitrogen and oxygen atoms in total. The van der Waals surface area contributed by atoms with Crippen LogP contribution in [0, 0.1) is 6.92 Å². The molecule has 0 radical (unpaired) electrons.